The minimum atomic E-state index is 0. The van der Waals surface area contributed by atoms with Crippen molar-refractivity contribution in [2.24, 2.45) is 0 Å². The number of hydrogen-bond acceptors (Lipinski definition) is 0. The number of hydrogen-bond donors (Lipinski definition) is 0. The fourth-order valence-electron chi connectivity index (χ4n) is 0.887. The van der Waals surface area contributed by atoms with Gasteiger partial charge in [-0.05, 0) is 102 Å². The number of halogens is 4. The molecular weight excluding hydrogens is 854 g/mol. The third-order valence-electron chi connectivity index (χ3n) is 1.65. The molecule has 100 valence electrons. The minimum Gasteiger partial charge on any atom is -0.0623 e. The second-order valence-electron chi connectivity index (χ2n) is 2.81. The summed E-state index contributed by atoms with van der Waals surface area (Å²) in [4.78, 5) is 0. The topological polar surface area (TPSA) is 0 Å². The Morgan fingerprint density at radius 2 is 0.722 bits per heavy atom. The van der Waals surface area contributed by atoms with E-state index in [2.05, 4.69) is 102 Å². The van der Waals surface area contributed by atoms with Crippen molar-refractivity contribution in [1.29, 1.82) is 0 Å². The van der Waals surface area contributed by atoms with E-state index < -0.39 is 0 Å². The molecule has 0 saturated heterocycles. The summed E-state index contributed by atoms with van der Waals surface area (Å²) in [5.41, 5.74) is 0. The van der Waals surface area contributed by atoms with Crippen LogP contribution >= 0.6 is 90.4 Å². The Morgan fingerprint density at radius 3 is 0.944 bits per heavy atom. The Labute approximate surface area is 188 Å². The normalized spacial score (nSPS) is 8.22. The maximum Gasteiger partial charge on any atom is 0.0408 e. The molecule has 0 aliphatic rings. The molecule has 18 heavy (non-hydrogen) atoms. The average Bonchev–Trinajstić information content (AvgIpc) is 2.35. The van der Waals surface area contributed by atoms with Gasteiger partial charge in [0.2, 0.25) is 0 Å². The predicted molar refractivity (Wildman–Crippen MR) is 104 cm³/mol. The number of rotatable bonds is 0. The van der Waals surface area contributed by atoms with E-state index >= 15 is 0 Å². The monoisotopic (exact) mass is 863 g/mol. The molecule has 0 saturated carbocycles. The quantitative estimate of drug-likeness (QED) is 0.137. The van der Waals surface area contributed by atoms with Crippen LogP contribution in [0.3, 0.4) is 0 Å². The van der Waals surface area contributed by atoms with Crippen LogP contribution in [0.2, 0.25) is 0 Å². The predicted octanol–water partition coefficient (Wildman–Crippen LogP) is 5.79. The Balaban J connectivity index is 0. The first-order valence-corrected chi connectivity index (χ1v) is 8.73. The molecule has 0 aromatic heterocycles. The molecular formula is C12H8I4Ru2. The van der Waals surface area contributed by atoms with Gasteiger partial charge in [-0.2, -0.15) is 0 Å². The van der Waals surface area contributed by atoms with Gasteiger partial charge >= 0.3 is 0 Å². The van der Waals surface area contributed by atoms with Crippen molar-refractivity contribution in [3.8, 4) is 0 Å². The van der Waals surface area contributed by atoms with Gasteiger partial charge in [-0.3, -0.25) is 0 Å². The molecule has 0 spiro atoms. The molecule has 0 radical (unpaired) electrons. The largest absolute Gasteiger partial charge is 0.0623 e. The summed E-state index contributed by atoms with van der Waals surface area (Å²) < 4.78 is 5.41. The summed E-state index contributed by atoms with van der Waals surface area (Å²) in [6, 6.07) is 16.3. The molecule has 6 heteroatoms. The van der Waals surface area contributed by atoms with Crippen LogP contribution in [0.25, 0.3) is 0 Å². The van der Waals surface area contributed by atoms with Crippen LogP contribution in [-0.2, 0) is 39.0 Å². The van der Waals surface area contributed by atoms with Crippen LogP contribution in [0.4, 0.5) is 0 Å². The van der Waals surface area contributed by atoms with Crippen molar-refractivity contribution in [1.82, 2.24) is 0 Å². The fraction of sp³-hybridized carbons (Fsp3) is 0. The maximum absolute atomic E-state index is 2.37. The van der Waals surface area contributed by atoms with Gasteiger partial charge in [0.25, 0.3) is 0 Å². The second-order valence-corrected chi connectivity index (χ2v) is 7.29. The first-order chi connectivity index (χ1) is 7.63. The van der Waals surface area contributed by atoms with Crippen molar-refractivity contribution in [3.63, 3.8) is 0 Å². The molecule has 0 fully saturated rings. The Kier molecular flexibility index (Phi) is 16.9. The Bertz CT molecular complexity index is 396. The zero-order valence-corrected chi connectivity index (χ0v) is 20.9. The first-order valence-electron chi connectivity index (χ1n) is 4.42. The summed E-state index contributed by atoms with van der Waals surface area (Å²) in [5, 5.41) is 0. The van der Waals surface area contributed by atoms with Gasteiger partial charge in [-0.15, -0.1) is 0 Å². The zero-order chi connectivity index (χ0) is 12.0. The molecule has 0 N–H and O–H groups in total. The molecule has 2 rings (SSSR count). The van der Waals surface area contributed by atoms with E-state index in [0.29, 0.717) is 0 Å². The minimum absolute atomic E-state index is 0. The summed E-state index contributed by atoms with van der Waals surface area (Å²) in [7, 11) is 0. The smallest absolute Gasteiger partial charge is 0.0408 e. The standard InChI is InChI=1S/C6H2I4.C6H6.2Ru/c7-3-1-2-4(8)6(10)5(3)9;1-2-4-6-5-3-1;;/h1-2H;1-6H;;. The van der Waals surface area contributed by atoms with Crippen molar-refractivity contribution in [3.05, 3.63) is 62.8 Å². The van der Waals surface area contributed by atoms with Crippen molar-refractivity contribution in [2.75, 3.05) is 0 Å². The van der Waals surface area contributed by atoms with Crippen LogP contribution in [0.15, 0.2) is 48.5 Å². The summed E-state index contributed by atoms with van der Waals surface area (Å²) in [6.45, 7) is 0. The van der Waals surface area contributed by atoms with E-state index in [9.17, 15) is 0 Å². The van der Waals surface area contributed by atoms with Gasteiger partial charge in [0, 0.05) is 53.2 Å². The van der Waals surface area contributed by atoms with Crippen LogP contribution in [0, 0.1) is 14.3 Å². The van der Waals surface area contributed by atoms with Gasteiger partial charge < -0.3 is 0 Å². The molecule has 0 unspecified atom stereocenters. The van der Waals surface area contributed by atoms with Crippen LogP contribution in [0.1, 0.15) is 0 Å². The first kappa shape index (κ1) is 22.9. The zero-order valence-electron chi connectivity index (χ0n) is 8.84. The van der Waals surface area contributed by atoms with E-state index in [1.165, 1.54) is 14.3 Å². The molecule has 0 heterocycles. The summed E-state index contributed by atoms with van der Waals surface area (Å²) in [6.07, 6.45) is 0. The van der Waals surface area contributed by atoms with E-state index in [1.54, 1.807) is 0 Å². The summed E-state index contributed by atoms with van der Waals surface area (Å²) >= 11 is 9.45. The van der Waals surface area contributed by atoms with Crippen molar-refractivity contribution >= 4 is 90.4 Å². The molecule has 2 aromatic carbocycles. The van der Waals surface area contributed by atoms with E-state index in [4.69, 9.17) is 0 Å². The molecule has 0 aliphatic carbocycles. The average molecular weight is 862 g/mol. The molecule has 0 amide bonds. The fourth-order valence-corrected chi connectivity index (χ4v) is 3.76. The molecule has 0 nitrogen and oxygen atoms in total. The van der Waals surface area contributed by atoms with Crippen LogP contribution in [0.5, 0.6) is 0 Å². The van der Waals surface area contributed by atoms with Crippen molar-refractivity contribution < 1.29 is 39.0 Å². The molecule has 0 aliphatic heterocycles. The maximum atomic E-state index is 2.37. The SMILES string of the molecule is Ic1ccc(I)c(I)c1I.[Ru].[Ru].c1ccccc1. The third-order valence-corrected chi connectivity index (χ3v) is 8.79. The molecule has 2 aromatic rings. The Hall–Kier alpha value is 2.61. The molecule has 0 bridgehead atoms. The van der Waals surface area contributed by atoms with E-state index in [0.717, 1.165) is 0 Å². The van der Waals surface area contributed by atoms with Gasteiger partial charge in [-0.1, -0.05) is 36.4 Å². The van der Waals surface area contributed by atoms with Crippen molar-refractivity contribution in [2.45, 2.75) is 0 Å². The van der Waals surface area contributed by atoms with Gasteiger partial charge in [-0.25, -0.2) is 0 Å². The van der Waals surface area contributed by atoms with Crippen LogP contribution < -0.4 is 0 Å². The second kappa shape index (κ2) is 13.3. The third kappa shape index (κ3) is 8.80. The Morgan fingerprint density at radius 1 is 0.500 bits per heavy atom. The number of benzene rings is 2. The summed E-state index contributed by atoms with van der Waals surface area (Å²) in [5.74, 6) is 0. The van der Waals surface area contributed by atoms with E-state index in [1.807, 2.05) is 36.4 Å². The van der Waals surface area contributed by atoms with Gasteiger partial charge in [0.05, 0.1) is 0 Å². The van der Waals surface area contributed by atoms with Gasteiger partial charge in [0.1, 0.15) is 0 Å². The van der Waals surface area contributed by atoms with Crippen LogP contribution in [-0.4, -0.2) is 0 Å². The van der Waals surface area contributed by atoms with E-state index in [-0.39, 0.29) is 39.0 Å². The van der Waals surface area contributed by atoms with Gasteiger partial charge in [0.15, 0.2) is 0 Å². The molecule has 0 atom stereocenters.